The Morgan fingerprint density at radius 1 is 1.40 bits per heavy atom. The van der Waals surface area contributed by atoms with E-state index in [9.17, 15) is 17.9 Å². The summed E-state index contributed by atoms with van der Waals surface area (Å²) < 4.78 is 39.4. The third kappa shape index (κ3) is 2.30. The largest absolute Gasteiger partial charge is 0.398 e. The molecule has 0 amide bonds. The van der Waals surface area contributed by atoms with Gasteiger partial charge < -0.3 is 10.8 Å². The Labute approximate surface area is 118 Å². The summed E-state index contributed by atoms with van der Waals surface area (Å²) in [7, 11) is -3.82. The number of benzene rings is 1. The Bertz CT molecular complexity index is 614. The minimum Gasteiger partial charge on any atom is -0.398 e. The minimum absolute atomic E-state index is 0.0163. The number of halogens is 1. The van der Waals surface area contributed by atoms with Crippen LogP contribution in [0.3, 0.4) is 0 Å². The van der Waals surface area contributed by atoms with Gasteiger partial charge in [-0.2, -0.15) is 4.31 Å². The smallest absolute Gasteiger partial charge is 0.243 e. The fourth-order valence-electron chi connectivity index (χ4n) is 2.07. The van der Waals surface area contributed by atoms with Gasteiger partial charge in [-0.3, -0.25) is 0 Å². The Hall–Kier alpha value is -1.18. The number of nitrogens with two attached hydrogens (primary N) is 1. The van der Waals surface area contributed by atoms with Crippen LogP contribution in [0.25, 0.3) is 0 Å². The maximum atomic E-state index is 13.6. The fourth-order valence-corrected chi connectivity index (χ4v) is 3.69. The number of nitrogen functional groups attached to an aromatic ring is 1. The molecule has 1 aliphatic heterocycles. The van der Waals surface area contributed by atoms with Gasteiger partial charge in [0, 0.05) is 24.3 Å². The van der Waals surface area contributed by atoms with Crippen LogP contribution in [0, 0.1) is 18.7 Å². The SMILES string of the molecule is Cc1c(N)cc(S(=O)(=O)N2CC(O)(C(C)C)C2)cc1F. The quantitative estimate of drug-likeness (QED) is 0.819. The second-order valence-corrected chi connectivity index (χ2v) is 7.59. The van der Waals surface area contributed by atoms with Crippen LogP contribution in [-0.4, -0.2) is 36.5 Å². The molecule has 1 aromatic rings. The average molecular weight is 302 g/mol. The lowest BCUT2D eigenvalue weighted by atomic mass is 9.85. The first-order valence-electron chi connectivity index (χ1n) is 6.36. The summed E-state index contributed by atoms with van der Waals surface area (Å²) >= 11 is 0. The zero-order valence-corrected chi connectivity index (χ0v) is 12.5. The van der Waals surface area contributed by atoms with Crippen LogP contribution in [0.15, 0.2) is 17.0 Å². The van der Waals surface area contributed by atoms with Gasteiger partial charge in [0.2, 0.25) is 10.0 Å². The van der Waals surface area contributed by atoms with Gasteiger partial charge >= 0.3 is 0 Å². The average Bonchev–Trinajstić information content (AvgIpc) is 2.30. The second-order valence-electron chi connectivity index (χ2n) is 5.65. The lowest BCUT2D eigenvalue weighted by Gasteiger charge is -2.47. The molecule has 0 radical (unpaired) electrons. The molecule has 0 atom stereocenters. The van der Waals surface area contributed by atoms with Crippen LogP contribution in [0.4, 0.5) is 10.1 Å². The molecule has 1 saturated heterocycles. The summed E-state index contributed by atoms with van der Waals surface area (Å²) in [6.07, 6.45) is 0. The van der Waals surface area contributed by atoms with Crippen molar-refractivity contribution < 1.29 is 17.9 Å². The molecule has 7 heteroatoms. The van der Waals surface area contributed by atoms with Crippen molar-refractivity contribution in [2.75, 3.05) is 18.8 Å². The molecule has 1 fully saturated rings. The van der Waals surface area contributed by atoms with Gasteiger partial charge in [0.25, 0.3) is 0 Å². The van der Waals surface area contributed by atoms with E-state index in [0.717, 1.165) is 10.4 Å². The lowest BCUT2D eigenvalue weighted by Crippen LogP contribution is -2.65. The van der Waals surface area contributed by atoms with Crippen molar-refractivity contribution in [2.24, 2.45) is 5.92 Å². The molecule has 3 N–H and O–H groups in total. The number of hydrogen-bond acceptors (Lipinski definition) is 4. The van der Waals surface area contributed by atoms with Crippen LogP contribution >= 0.6 is 0 Å². The molecule has 0 spiro atoms. The predicted molar refractivity (Wildman–Crippen MR) is 74.1 cm³/mol. The van der Waals surface area contributed by atoms with Gasteiger partial charge in [0.05, 0.1) is 10.5 Å². The number of rotatable bonds is 3. The van der Waals surface area contributed by atoms with Gasteiger partial charge in [0.15, 0.2) is 0 Å². The van der Waals surface area contributed by atoms with Gasteiger partial charge in [-0.1, -0.05) is 13.8 Å². The van der Waals surface area contributed by atoms with Crippen LogP contribution in [0.5, 0.6) is 0 Å². The number of hydrogen-bond donors (Lipinski definition) is 2. The molecule has 112 valence electrons. The van der Waals surface area contributed by atoms with Gasteiger partial charge in [-0.05, 0) is 25.0 Å². The second kappa shape index (κ2) is 4.68. The molecule has 0 aromatic heterocycles. The minimum atomic E-state index is -3.82. The van der Waals surface area contributed by atoms with E-state index in [0.29, 0.717) is 0 Å². The Morgan fingerprint density at radius 2 is 1.95 bits per heavy atom. The molecule has 5 nitrogen and oxygen atoms in total. The van der Waals surface area contributed by atoms with E-state index in [1.165, 1.54) is 13.0 Å². The maximum Gasteiger partial charge on any atom is 0.243 e. The number of nitrogens with zero attached hydrogens (tertiary/aromatic N) is 1. The third-order valence-electron chi connectivity index (χ3n) is 3.97. The summed E-state index contributed by atoms with van der Waals surface area (Å²) in [5.74, 6) is -0.697. The third-order valence-corrected chi connectivity index (χ3v) is 5.74. The Morgan fingerprint density at radius 3 is 2.40 bits per heavy atom. The molecular weight excluding hydrogens is 283 g/mol. The number of sulfonamides is 1. The Kier molecular flexibility index (Phi) is 3.56. The van der Waals surface area contributed by atoms with E-state index < -0.39 is 21.4 Å². The first-order chi connectivity index (χ1) is 9.08. The van der Waals surface area contributed by atoms with E-state index in [1.807, 2.05) is 13.8 Å². The van der Waals surface area contributed by atoms with E-state index in [4.69, 9.17) is 5.73 Å². The fraction of sp³-hybridized carbons (Fsp3) is 0.538. The van der Waals surface area contributed by atoms with E-state index in [1.54, 1.807) is 0 Å². The zero-order chi connectivity index (χ0) is 15.3. The van der Waals surface area contributed by atoms with Crippen molar-refractivity contribution in [1.29, 1.82) is 0 Å². The van der Waals surface area contributed by atoms with Crippen molar-refractivity contribution in [1.82, 2.24) is 4.31 Å². The van der Waals surface area contributed by atoms with Crippen LogP contribution in [0.2, 0.25) is 0 Å². The van der Waals surface area contributed by atoms with Crippen molar-refractivity contribution >= 4 is 15.7 Å². The number of β-amino-alcohol motifs (C(OH)–C–C–N with tert-alkyl or cyclic N) is 1. The van der Waals surface area contributed by atoms with Gasteiger partial charge in [0.1, 0.15) is 5.82 Å². The molecule has 1 heterocycles. The first kappa shape index (κ1) is 15.2. The maximum absolute atomic E-state index is 13.6. The highest BCUT2D eigenvalue weighted by Gasteiger charge is 2.49. The topological polar surface area (TPSA) is 83.6 Å². The highest BCUT2D eigenvalue weighted by molar-refractivity contribution is 7.89. The van der Waals surface area contributed by atoms with Crippen LogP contribution in [0.1, 0.15) is 19.4 Å². The summed E-state index contributed by atoms with van der Waals surface area (Å²) in [5.41, 5.74) is 4.92. The van der Waals surface area contributed by atoms with Crippen molar-refractivity contribution in [3.8, 4) is 0 Å². The van der Waals surface area contributed by atoms with Crippen LogP contribution in [-0.2, 0) is 10.0 Å². The molecular formula is C13H19FN2O3S. The highest BCUT2D eigenvalue weighted by atomic mass is 32.2. The summed E-state index contributed by atoms with van der Waals surface area (Å²) in [5, 5.41) is 10.1. The first-order valence-corrected chi connectivity index (χ1v) is 7.80. The molecule has 0 bridgehead atoms. The summed E-state index contributed by atoms with van der Waals surface area (Å²) in [4.78, 5) is -0.177. The molecule has 2 rings (SSSR count). The highest BCUT2D eigenvalue weighted by Crippen LogP contribution is 2.34. The molecule has 0 unspecified atom stereocenters. The van der Waals surface area contributed by atoms with Gasteiger partial charge in [-0.25, -0.2) is 12.8 Å². The molecule has 1 aliphatic rings. The monoisotopic (exact) mass is 302 g/mol. The molecule has 0 saturated carbocycles. The summed E-state index contributed by atoms with van der Waals surface area (Å²) in [6, 6.07) is 2.22. The van der Waals surface area contributed by atoms with E-state index in [2.05, 4.69) is 0 Å². The van der Waals surface area contributed by atoms with E-state index in [-0.39, 0.29) is 35.2 Å². The molecule has 20 heavy (non-hydrogen) atoms. The Balaban J connectivity index is 2.30. The number of aliphatic hydroxyl groups is 1. The number of anilines is 1. The standard InChI is InChI=1S/C13H19FN2O3S/c1-8(2)13(17)6-16(7-13)20(18,19)10-4-11(14)9(3)12(15)5-10/h4-5,8,17H,6-7,15H2,1-3H3. The zero-order valence-electron chi connectivity index (χ0n) is 11.7. The molecule has 0 aliphatic carbocycles. The lowest BCUT2D eigenvalue weighted by molar-refractivity contribution is -0.0932. The van der Waals surface area contributed by atoms with Crippen molar-refractivity contribution in [3.63, 3.8) is 0 Å². The van der Waals surface area contributed by atoms with Crippen LogP contribution < -0.4 is 5.73 Å². The van der Waals surface area contributed by atoms with Crippen molar-refractivity contribution in [2.45, 2.75) is 31.3 Å². The molecule has 1 aromatic carbocycles. The van der Waals surface area contributed by atoms with Gasteiger partial charge in [-0.15, -0.1) is 0 Å². The van der Waals surface area contributed by atoms with Crippen molar-refractivity contribution in [3.05, 3.63) is 23.5 Å². The van der Waals surface area contributed by atoms with E-state index >= 15 is 0 Å². The normalized spacial score (nSPS) is 19.1. The predicted octanol–water partition coefficient (Wildman–Crippen LogP) is 1.11. The summed E-state index contributed by atoms with van der Waals surface area (Å²) in [6.45, 7) is 5.17.